The molecule has 3 rings (SSSR count). The second kappa shape index (κ2) is 11.4. The van der Waals surface area contributed by atoms with E-state index in [4.69, 9.17) is 4.74 Å². The zero-order valence-corrected chi connectivity index (χ0v) is 19.6. The molecule has 1 fully saturated rings. The number of hydrogen-bond acceptors (Lipinski definition) is 3. The van der Waals surface area contributed by atoms with Crippen LogP contribution >= 0.6 is 24.8 Å². The molecule has 0 bridgehead atoms. The maximum atomic E-state index is 13.5. The summed E-state index contributed by atoms with van der Waals surface area (Å²) in [6.45, 7) is 3.82. The van der Waals surface area contributed by atoms with Gasteiger partial charge in [-0.3, -0.25) is 0 Å². The van der Waals surface area contributed by atoms with Gasteiger partial charge < -0.3 is 15.4 Å². The van der Waals surface area contributed by atoms with Crippen LogP contribution in [0, 0.1) is 0 Å². The normalized spacial score (nSPS) is 19.2. The van der Waals surface area contributed by atoms with Gasteiger partial charge in [-0.05, 0) is 56.5 Å². The van der Waals surface area contributed by atoms with E-state index < -0.39 is 11.6 Å². The summed E-state index contributed by atoms with van der Waals surface area (Å²) >= 11 is 0. The first-order valence-corrected chi connectivity index (χ1v) is 10.00. The maximum absolute atomic E-state index is 13.5. The van der Waals surface area contributed by atoms with Crippen molar-refractivity contribution in [2.45, 2.75) is 56.9 Å². The summed E-state index contributed by atoms with van der Waals surface area (Å²) in [5.74, 6) is 0.597. The molecule has 31 heavy (non-hydrogen) atoms. The van der Waals surface area contributed by atoms with Gasteiger partial charge in [0.15, 0.2) is 0 Å². The number of piperidine rings is 1. The van der Waals surface area contributed by atoms with Gasteiger partial charge in [-0.2, -0.15) is 13.2 Å². The summed E-state index contributed by atoms with van der Waals surface area (Å²) in [6, 6.07) is 15.4. The van der Waals surface area contributed by atoms with E-state index >= 15 is 0 Å². The van der Waals surface area contributed by atoms with E-state index in [0.717, 1.165) is 24.9 Å². The van der Waals surface area contributed by atoms with Crippen molar-refractivity contribution in [2.24, 2.45) is 0 Å². The van der Waals surface area contributed by atoms with Crippen LogP contribution in [0.15, 0.2) is 48.5 Å². The lowest BCUT2D eigenvalue weighted by Crippen LogP contribution is -2.45. The van der Waals surface area contributed by atoms with Gasteiger partial charge in [0.05, 0.1) is 12.5 Å². The largest absolute Gasteiger partial charge is 0.496 e. The molecule has 3 nitrogen and oxygen atoms in total. The topological polar surface area (TPSA) is 33.3 Å². The Balaban J connectivity index is 0.00000240. The molecule has 0 saturated carbocycles. The number of benzene rings is 2. The van der Waals surface area contributed by atoms with E-state index in [2.05, 4.69) is 22.8 Å². The molecule has 2 atom stereocenters. The molecule has 1 saturated heterocycles. The highest BCUT2D eigenvalue weighted by atomic mass is 35.5. The predicted octanol–water partition coefficient (Wildman–Crippen LogP) is 5.96. The summed E-state index contributed by atoms with van der Waals surface area (Å²) in [5, 5.41) is 7.12. The molecule has 1 heterocycles. The minimum absolute atomic E-state index is 0. The minimum atomic E-state index is -4.32. The van der Waals surface area contributed by atoms with Gasteiger partial charge in [-0.1, -0.05) is 36.4 Å². The summed E-state index contributed by atoms with van der Waals surface area (Å²) in [6.07, 6.45) is -2.26. The van der Waals surface area contributed by atoms with E-state index in [0.29, 0.717) is 12.3 Å². The van der Waals surface area contributed by atoms with E-state index in [1.54, 1.807) is 19.2 Å². The third-order valence-corrected chi connectivity index (χ3v) is 5.88. The SMILES string of the molecule is COc1ccc(C(C)(C)C(F)(F)F)cc1CN[C@H]1CCCN[C@H]1c1ccccc1.Cl.Cl. The Morgan fingerprint density at radius 1 is 1.06 bits per heavy atom. The highest BCUT2D eigenvalue weighted by molar-refractivity contribution is 5.85. The standard InChI is InChI=1S/C23H29F3N2O.2ClH/c1-22(2,23(24,25)26)18-11-12-20(29-3)17(14-18)15-28-19-10-7-13-27-21(19)16-8-5-4-6-9-16;;/h4-6,8-9,11-12,14,19,21,27-28H,7,10,13,15H2,1-3H3;2*1H/t19-,21-;;/m0../s1. The van der Waals surface area contributed by atoms with Crippen LogP contribution in [0.4, 0.5) is 13.2 Å². The Hall–Kier alpha value is -1.47. The number of ether oxygens (including phenoxy) is 1. The number of alkyl halides is 3. The molecular formula is C23H31Cl2F3N2O. The predicted molar refractivity (Wildman–Crippen MR) is 124 cm³/mol. The van der Waals surface area contributed by atoms with Gasteiger partial charge in [0.25, 0.3) is 0 Å². The minimum Gasteiger partial charge on any atom is -0.496 e. The lowest BCUT2D eigenvalue weighted by Gasteiger charge is -2.34. The molecule has 2 aromatic rings. The van der Waals surface area contributed by atoms with Crippen LogP contribution < -0.4 is 15.4 Å². The van der Waals surface area contributed by atoms with E-state index in [9.17, 15) is 13.2 Å². The van der Waals surface area contributed by atoms with Crippen molar-refractivity contribution >= 4 is 24.8 Å². The lowest BCUT2D eigenvalue weighted by molar-refractivity contribution is -0.180. The summed E-state index contributed by atoms with van der Waals surface area (Å²) < 4.78 is 45.9. The summed E-state index contributed by atoms with van der Waals surface area (Å²) in [5.41, 5.74) is 0.264. The molecular weight excluding hydrogens is 448 g/mol. The van der Waals surface area contributed by atoms with Crippen molar-refractivity contribution in [2.75, 3.05) is 13.7 Å². The third kappa shape index (κ3) is 6.28. The van der Waals surface area contributed by atoms with Crippen molar-refractivity contribution in [3.63, 3.8) is 0 Å². The van der Waals surface area contributed by atoms with Crippen molar-refractivity contribution in [1.82, 2.24) is 10.6 Å². The van der Waals surface area contributed by atoms with E-state index in [-0.39, 0.29) is 42.5 Å². The second-order valence-corrected chi connectivity index (χ2v) is 8.12. The third-order valence-electron chi connectivity index (χ3n) is 5.88. The van der Waals surface area contributed by atoms with Crippen LogP contribution in [0.2, 0.25) is 0 Å². The number of halogens is 5. The second-order valence-electron chi connectivity index (χ2n) is 8.12. The van der Waals surface area contributed by atoms with Crippen molar-refractivity contribution < 1.29 is 17.9 Å². The zero-order chi connectivity index (χ0) is 21.1. The molecule has 0 aliphatic carbocycles. The molecule has 0 radical (unpaired) electrons. The van der Waals surface area contributed by atoms with E-state index in [1.807, 2.05) is 18.2 Å². The fourth-order valence-electron chi connectivity index (χ4n) is 3.83. The summed E-state index contributed by atoms with van der Waals surface area (Å²) in [7, 11) is 1.54. The zero-order valence-electron chi connectivity index (χ0n) is 18.0. The molecule has 0 aromatic heterocycles. The van der Waals surface area contributed by atoms with Gasteiger partial charge in [-0.25, -0.2) is 0 Å². The van der Waals surface area contributed by atoms with E-state index in [1.165, 1.54) is 25.5 Å². The lowest BCUT2D eigenvalue weighted by atomic mass is 9.83. The fraction of sp³-hybridized carbons (Fsp3) is 0.478. The smallest absolute Gasteiger partial charge is 0.397 e. The Kier molecular flexibility index (Phi) is 10.1. The molecule has 1 aliphatic heterocycles. The monoisotopic (exact) mass is 478 g/mol. The van der Waals surface area contributed by atoms with Crippen molar-refractivity contribution in [3.05, 3.63) is 65.2 Å². The Labute approximate surface area is 195 Å². The van der Waals surface area contributed by atoms with Crippen LogP contribution in [0.1, 0.15) is 49.4 Å². The number of rotatable bonds is 6. The van der Waals surface area contributed by atoms with Crippen LogP contribution in [0.5, 0.6) is 5.75 Å². The van der Waals surface area contributed by atoms with Gasteiger partial charge in [0, 0.05) is 24.2 Å². The van der Waals surface area contributed by atoms with Crippen LogP contribution in [0.3, 0.4) is 0 Å². The van der Waals surface area contributed by atoms with Crippen molar-refractivity contribution in [3.8, 4) is 5.75 Å². The molecule has 2 aromatic carbocycles. The van der Waals surface area contributed by atoms with Crippen LogP contribution in [0.25, 0.3) is 0 Å². The number of methoxy groups -OCH3 is 1. The van der Waals surface area contributed by atoms with Gasteiger partial charge in [0.1, 0.15) is 5.75 Å². The average Bonchev–Trinajstić information content (AvgIpc) is 2.72. The number of hydrogen-bond donors (Lipinski definition) is 2. The van der Waals surface area contributed by atoms with Crippen molar-refractivity contribution in [1.29, 1.82) is 0 Å². The fourth-order valence-corrected chi connectivity index (χ4v) is 3.83. The Morgan fingerprint density at radius 2 is 1.74 bits per heavy atom. The Bertz CT molecular complexity index is 816. The molecule has 2 N–H and O–H groups in total. The first-order valence-electron chi connectivity index (χ1n) is 10.00. The quantitative estimate of drug-likeness (QED) is 0.537. The average molecular weight is 479 g/mol. The van der Waals surface area contributed by atoms with Crippen LogP contribution in [-0.2, 0) is 12.0 Å². The number of nitrogens with one attached hydrogen (secondary N) is 2. The highest BCUT2D eigenvalue weighted by Gasteiger charge is 2.48. The molecule has 0 unspecified atom stereocenters. The maximum Gasteiger partial charge on any atom is 0.397 e. The van der Waals surface area contributed by atoms with Gasteiger partial charge in [0.2, 0.25) is 0 Å². The molecule has 1 aliphatic rings. The molecule has 8 heteroatoms. The molecule has 174 valence electrons. The van der Waals surface area contributed by atoms with Crippen LogP contribution in [-0.4, -0.2) is 25.9 Å². The first-order chi connectivity index (χ1) is 13.7. The highest BCUT2D eigenvalue weighted by Crippen LogP contribution is 2.41. The van der Waals surface area contributed by atoms with Gasteiger partial charge >= 0.3 is 6.18 Å². The summed E-state index contributed by atoms with van der Waals surface area (Å²) in [4.78, 5) is 0. The molecule has 0 amide bonds. The van der Waals surface area contributed by atoms with Gasteiger partial charge in [-0.15, -0.1) is 24.8 Å². The molecule has 0 spiro atoms. The first kappa shape index (κ1) is 27.6. The Morgan fingerprint density at radius 3 is 2.35 bits per heavy atom.